The molecular formula is C22H19NO7. The second-order valence-corrected chi connectivity index (χ2v) is 6.55. The average Bonchev–Trinajstić information content (AvgIpc) is 2.77. The molecule has 1 atom stereocenters. The monoisotopic (exact) mass is 409 g/mol. The van der Waals surface area contributed by atoms with Crippen molar-refractivity contribution in [1.29, 1.82) is 0 Å². The summed E-state index contributed by atoms with van der Waals surface area (Å²) in [7, 11) is 4.24. The maximum Gasteiger partial charge on any atom is 0.344 e. The molecule has 1 aliphatic heterocycles. The van der Waals surface area contributed by atoms with Crippen molar-refractivity contribution in [2.24, 2.45) is 5.73 Å². The Morgan fingerprint density at radius 3 is 2.47 bits per heavy atom. The highest BCUT2D eigenvalue weighted by molar-refractivity contribution is 5.94. The minimum absolute atomic E-state index is 0.000184. The van der Waals surface area contributed by atoms with Gasteiger partial charge in [-0.05, 0) is 29.8 Å². The summed E-state index contributed by atoms with van der Waals surface area (Å²) < 4.78 is 26.8. The van der Waals surface area contributed by atoms with Gasteiger partial charge in [-0.1, -0.05) is 18.2 Å². The van der Waals surface area contributed by atoms with Crippen LogP contribution in [-0.2, 0) is 9.53 Å². The van der Waals surface area contributed by atoms with E-state index in [1.54, 1.807) is 42.5 Å². The minimum atomic E-state index is -0.887. The number of benzene rings is 2. The number of para-hydroxylation sites is 1. The second-order valence-electron chi connectivity index (χ2n) is 6.55. The van der Waals surface area contributed by atoms with Gasteiger partial charge >= 0.3 is 11.6 Å². The predicted molar refractivity (Wildman–Crippen MR) is 108 cm³/mol. The first-order valence-corrected chi connectivity index (χ1v) is 9.03. The van der Waals surface area contributed by atoms with Crippen LogP contribution in [0.25, 0.3) is 11.0 Å². The third-order valence-corrected chi connectivity index (χ3v) is 5.00. The fourth-order valence-electron chi connectivity index (χ4n) is 3.64. The molecule has 2 N–H and O–H groups in total. The highest BCUT2D eigenvalue weighted by Crippen LogP contribution is 2.45. The zero-order valence-electron chi connectivity index (χ0n) is 16.6. The fraction of sp³-hybridized carbons (Fsp3) is 0.182. The molecule has 0 radical (unpaired) electrons. The molecule has 0 aliphatic carbocycles. The summed E-state index contributed by atoms with van der Waals surface area (Å²) in [5.41, 5.74) is 6.55. The largest absolute Gasteiger partial charge is 0.493 e. The second kappa shape index (κ2) is 7.47. The lowest BCUT2D eigenvalue weighted by molar-refractivity contribution is -0.136. The third kappa shape index (κ3) is 2.93. The van der Waals surface area contributed by atoms with E-state index in [9.17, 15) is 9.59 Å². The van der Waals surface area contributed by atoms with Crippen molar-refractivity contribution in [2.75, 3.05) is 21.3 Å². The fourth-order valence-corrected chi connectivity index (χ4v) is 3.64. The van der Waals surface area contributed by atoms with Gasteiger partial charge in [0.15, 0.2) is 17.2 Å². The Morgan fingerprint density at radius 1 is 1.03 bits per heavy atom. The molecule has 30 heavy (non-hydrogen) atoms. The summed E-state index contributed by atoms with van der Waals surface area (Å²) in [6.07, 6.45) is 0. The van der Waals surface area contributed by atoms with E-state index in [2.05, 4.69) is 0 Å². The van der Waals surface area contributed by atoms with E-state index >= 15 is 0 Å². The summed E-state index contributed by atoms with van der Waals surface area (Å²) in [6, 6.07) is 12.0. The lowest BCUT2D eigenvalue weighted by atomic mass is 9.83. The number of carbonyl (C=O) groups excluding carboxylic acids is 1. The first kappa shape index (κ1) is 19.4. The van der Waals surface area contributed by atoms with Crippen LogP contribution in [0.5, 0.6) is 17.2 Å². The lowest BCUT2D eigenvalue weighted by Crippen LogP contribution is -2.30. The van der Waals surface area contributed by atoms with Crippen molar-refractivity contribution in [3.8, 4) is 17.2 Å². The number of esters is 1. The number of rotatable bonds is 4. The van der Waals surface area contributed by atoms with Gasteiger partial charge in [-0.2, -0.15) is 0 Å². The van der Waals surface area contributed by atoms with Crippen molar-refractivity contribution in [1.82, 2.24) is 0 Å². The zero-order chi connectivity index (χ0) is 21.4. The van der Waals surface area contributed by atoms with Gasteiger partial charge in [0.25, 0.3) is 0 Å². The number of ether oxygens (including phenoxy) is 4. The molecule has 3 aromatic rings. The summed E-state index contributed by atoms with van der Waals surface area (Å²) in [5.74, 6) is -0.587. The van der Waals surface area contributed by atoms with E-state index in [-0.39, 0.29) is 22.8 Å². The Balaban J connectivity index is 2.05. The van der Waals surface area contributed by atoms with Gasteiger partial charge in [0.1, 0.15) is 11.2 Å². The highest BCUT2D eigenvalue weighted by Gasteiger charge is 2.39. The Morgan fingerprint density at radius 2 is 1.77 bits per heavy atom. The molecule has 8 nitrogen and oxygen atoms in total. The Bertz CT molecular complexity index is 1240. The van der Waals surface area contributed by atoms with Crippen LogP contribution in [0.3, 0.4) is 0 Å². The molecule has 1 unspecified atom stereocenters. The van der Waals surface area contributed by atoms with Gasteiger partial charge < -0.3 is 29.1 Å². The van der Waals surface area contributed by atoms with Crippen molar-refractivity contribution in [3.05, 3.63) is 75.5 Å². The van der Waals surface area contributed by atoms with Crippen LogP contribution >= 0.6 is 0 Å². The molecule has 0 saturated carbocycles. The molecule has 0 bridgehead atoms. The average molecular weight is 409 g/mol. The van der Waals surface area contributed by atoms with Crippen LogP contribution in [0.15, 0.2) is 63.1 Å². The molecule has 1 aromatic heterocycles. The number of hydrogen-bond acceptors (Lipinski definition) is 8. The maximum absolute atomic E-state index is 13.0. The summed E-state index contributed by atoms with van der Waals surface area (Å²) in [5, 5.41) is 0.560. The molecule has 154 valence electrons. The summed E-state index contributed by atoms with van der Waals surface area (Å²) >= 11 is 0. The molecule has 1 aliphatic rings. The summed E-state index contributed by atoms with van der Waals surface area (Å²) in [4.78, 5) is 25.6. The van der Waals surface area contributed by atoms with E-state index in [1.807, 2.05) is 0 Å². The van der Waals surface area contributed by atoms with E-state index in [1.165, 1.54) is 21.3 Å². The van der Waals surface area contributed by atoms with Crippen molar-refractivity contribution >= 4 is 16.9 Å². The number of hydrogen-bond donors (Lipinski definition) is 1. The Labute approximate surface area is 171 Å². The molecule has 0 fully saturated rings. The number of nitrogens with two attached hydrogens (primary N) is 1. The normalized spacial score (nSPS) is 15.4. The predicted octanol–water partition coefficient (Wildman–Crippen LogP) is 2.68. The Kier molecular flexibility index (Phi) is 4.83. The van der Waals surface area contributed by atoms with Gasteiger partial charge in [-0.25, -0.2) is 9.59 Å². The molecular weight excluding hydrogens is 390 g/mol. The van der Waals surface area contributed by atoms with Crippen molar-refractivity contribution in [2.45, 2.75) is 5.92 Å². The third-order valence-electron chi connectivity index (χ3n) is 5.00. The molecule has 8 heteroatoms. The van der Waals surface area contributed by atoms with Crippen LogP contribution in [0.1, 0.15) is 17.0 Å². The topological polar surface area (TPSA) is 110 Å². The molecule has 0 amide bonds. The van der Waals surface area contributed by atoms with Gasteiger partial charge in [0, 0.05) is 0 Å². The van der Waals surface area contributed by atoms with E-state index in [4.69, 9.17) is 29.1 Å². The molecule has 2 aromatic carbocycles. The first-order chi connectivity index (χ1) is 14.5. The van der Waals surface area contributed by atoms with Gasteiger partial charge in [-0.15, -0.1) is 0 Å². The quantitative estimate of drug-likeness (QED) is 0.517. The van der Waals surface area contributed by atoms with Crippen molar-refractivity contribution < 1.29 is 28.2 Å². The van der Waals surface area contributed by atoms with Crippen molar-refractivity contribution in [3.63, 3.8) is 0 Å². The Hall–Kier alpha value is -3.94. The van der Waals surface area contributed by atoms with Crippen LogP contribution < -0.4 is 25.6 Å². The minimum Gasteiger partial charge on any atom is -0.493 e. The SMILES string of the molecule is COC(=O)C1=C(N)Oc2c(c(=O)oc3ccccc23)C1c1ccc(OC)c(OC)c1. The first-order valence-electron chi connectivity index (χ1n) is 9.03. The van der Waals surface area contributed by atoms with E-state index < -0.39 is 17.5 Å². The van der Waals surface area contributed by atoms with Gasteiger partial charge in [-0.3, -0.25) is 0 Å². The highest BCUT2D eigenvalue weighted by atomic mass is 16.5. The van der Waals surface area contributed by atoms with Crippen LogP contribution in [-0.4, -0.2) is 27.3 Å². The smallest absolute Gasteiger partial charge is 0.344 e. The van der Waals surface area contributed by atoms with E-state index in [0.29, 0.717) is 28.0 Å². The van der Waals surface area contributed by atoms with Crippen LogP contribution in [0.4, 0.5) is 0 Å². The number of fused-ring (bicyclic) bond motifs is 3. The van der Waals surface area contributed by atoms with E-state index in [0.717, 1.165) is 0 Å². The number of carbonyl (C=O) groups is 1. The van der Waals surface area contributed by atoms with Gasteiger partial charge in [0.2, 0.25) is 5.88 Å². The van der Waals surface area contributed by atoms with Gasteiger partial charge in [0.05, 0.1) is 38.2 Å². The maximum atomic E-state index is 13.0. The summed E-state index contributed by atoms with van der Waals surface area (Å²) in [6.45, 7) is 0. The molecule has 4 rings (SSSR count). The number of methoxy groups -OCH3 is 3. The van der Waals surface area contributed by atoms with Crippen LogP contribution in [0, 0.1) is 0 Å². The zero-order valence-corrected chi connectivity index (χ0v) is 16.6. The molecule has 0 spiro atoms. The lowest BCUT2D eigenvalue weighted by Gasteiger charge is -2.28. The molecule has 0 saturated heterocycles. The molecule has 2 heterocycles. The van der Waals surface area contributed by atoms with Crippen LogP contribution in [0.2, 0.25) is 0 Å². The standard InChI is InChI=1S/C22H19NO7/c1-26-14-9-8-11(10-15(14)27-2)16-17-19(30-20(23)18(16)21(24)28-3)12-6-4-5-7-13(12)29-22(17)25/h4-10,16H,23H2,1-3H3.